The lowest BCUT2D eigenvalue weighted by Crippen LogP contribution is -2.27. The van der Waals surface area contributed by atoms with Gasteiger partial charge >= 0.3 is 0 Å². The molecule has 1 aliphatic rings. The average Bonchev–Trinajstić information content (AvgIpc) is 2.58. The Bertz CT molecular complexity index is 339. The van der Waals surface area contributed by atoms with E-state index < -0.39 is 0 Å². The molecule has 1 aromatic heterocycles. The molecule has 0 aliphatic carbocycles. The Kier molecular flexibility index (Phi) is 2.27. The lowest BCUT2D eigenvalue weighted by atomic mass is 10.1. The largest absolute Gasteiger partial charge is 0.347 e. The molecule has 0 radical (unpaired) electrons. The second-order valence-corrected chi connectivity index (χ2v) is 4.80. The van der Waals surface area contributed by atoms with Gasteiger partial charge in [0.05, 0.1) is 10.4 Å². The Labute approximate surface area is 84.9 Å². The summed E-state index contributed by atoms with van der Waals surface area (Å²) >= 11 is 7.25. The summed E-state index contributed by atoms with van der Waals surface area (Å²) in [4.78, 5) is 12.1. The van der Waals surface area contributed by atoms with Crippen LogP contribution in [0.2, 0.25) is 4.34 Å². The fraction of sp³-hybridized carbons (Fsp3) is 0.375. The van der Waals surface area contributed by atoms with E-state index in [4.69, 9.17) is 17.3 Å². The van der Waals surface area contributed by atoms with E-state index >= 15 is 0 Å². The highest BCUT2D eigenvalue weighted by Crippen LogP contribution is 2.31. The number of halogens is 1. The molecule has 13 heavy (non-hydrogen) atoms. The highest BCUT2D eigenvalue weighted by atomic mass is 35.5. The Morgan fingerprint density at radius 1 is 1.62 bits per heavy atom. The first kappa shape index (κ1) is 8.99. The summed E-state index contributed by atoms with van der Waals surface area (Å²) in [5, 5.41) is 2.82. The molecule has 1 aliphatic heterocycles. The van der Waals surface area contributed by atoms with Crippen molar-refractivity contribution in [3.05, 3.63) is 21.3 Å². The predicted octanol–water partition coefficient (Wildman–Crippen LogP) is 1.29. The van der Waals surface area contributed by atoms with E-state index in [2.05, 4.69) is 5.32 Å². The molecule has 2 atom stereocenters. The molecule has 1 aromatic rings. The number of amides is 1. The minimum Gasteiger partial charge on any atom is -0.347 e. The molecule has 1 amide bonds. The Morgan fingerprint density at radius 3 is 2.85 bits per heavy atom. The number of rotatable bonds is 1. The summed E-state index contributed by atoms with van der Waals surface area (Å²) in [6.07, 6.45) is 0.403. The zero-order chi connectivity index (χ0) is 9.42. The van der Waals surface area contributed by atoms with Gasteiger partial charge < -0.3 is 11.1 Å². The first-order chi connectivity index (χ1) is 6.16. The molecule has 1 fully saturated rings. The Hall–Kier alpha value is -0.580. The fourth-order valence-corrected chi connectivity index (χ4v) is 2.64. The van der Waals surface area contributed by atoms with Gasteiger partial charge in [-0.1, -0.05) is 11.6 Å². The molecule has 0 bridgehead atoms. The maximum Gasteiger partial charge on any atom is 0.222 e. The topological polar surface area (TPSA) is 55.1 Å². The van der Waals surface area contributed by atoms with Gasteiger partial charge in [0.25, 0.3) is 0 Å². The third kappa shape index (κ3) is 1.70. The van der Waals surface area contributed by atoms with Crippen LogP contribution in [-0.4, -0.2) is 11.9 Å². The number of hydrogen-bond acceptors (Lipinski definition) is 3. The van der Waals surface area contributed by atoms with Crippen molar-refractivity contribution in [3.8, 4) is 0 Å². The number of carbonyl (C=O) groups is 1. The van der Waals surface area contributed by atoms with E-state index in [1.807, 2.05) is 12.1 Å². The van der Waals surface area contributed by atoms with Crippen LogP contribution in [0, 0.1) is 0 Å². The standard InChI is InChI=1S/C8H9ClN2OS/c9-6-2-1-5(13-6)8-4(10)3-7(12)11-8/h1-2,4,8H,3,10H2,(H,11,12)/t4-,8-/m0/s1. The summed E-state index contributed by atoms with van der Waals surface area (Å²) in [6, 6.07) is 3.55. The third-order valence-corrected chi connectivity index (χ3v) is 3.38. The van der Waals surface area contributed by atoms with Crippen LogP contribution in [0.15, 0.2) is 12.1 Å². The normalized spacial score (nSPS) is 27.7. The summed E-state index contributed by atoms with van der Waals surface area (Å²) < 4.78 is 0.725. The minimum absolute atomic E-state index is 0.0158. The number of hydrogen-bond donors (Lipinski definition) is 2. The van der Waals surface area contributed by atoms with Crippen LogP contribution >= 0.6 is 22.9 Å². The molecule has 2 rings (SSSR count). The van der Waals surface area contributed by atoms with Crippen LogP contribution in [0.5, 0.6) is 0 Å². The van der Waals surface area contributed by atoms with Gasteiger partial charge in [-0.3, -0.25) is 4.79 Å². The maximum absolute atomic E-state index is 11.0. The van der Waals surface area contributed by atoms with E-state index in [-0.39, 0.29) is 18.0 Å². The maximum atomic E-state index is 11.0. The Balaban J connectivity index is 2.22. The number of thiophene rings is 1. The van der Waals surface area contributed by atoms with E-state index in [1.54, 1.807) is 0 Å². The van der Waals surface area contributed by atoms with Crippen molar-refractivity contribution in [2.45, 2.75) is 18.5 Å². The Morgan fingerprint density at radius 2 is 2.38 bits per heavy atom. The molecular formula is C8H9ClN2OS. The zero-order valence-corrected chi connectivity index (χ0v) is 8.36. The first-order valence-electron chi connectivity index (χ1n) is 3.97. The third-order valence-electron chi connectivity index (χ3n) is 2.07. The smallest absolute Gasteiger partial charge is 0.222 e. The molecular weight excluding hydrogens is 208 g/mol. The first-order valence-corrected chi connectivity index (χ1v) is 5.16. The van der Waals surface area contributed by atoms with Crippen molar-refractivity contribution in [2.75, 3.05) is 0 Å². The van der Waals surface area contributed by atoms with Crippen LogP contribution in [0.25, 0.3) is 0 Å². The van der Waals surface area contributed by atoms with E-state index in [0.717, 1.165) is 9.21 Å². The molecule has 0 spiro atoms. The molecule has 70 valence electrons. The van der Waals surface area contributed by atoms with E-state index in [9.17, 15) is 4.79 Å². The summed E-state index contributed by atoms with van der Waals surface area (Å²) in [6.45, 7) is 0. The molecule has 2 heterocycles. The highest BCUT2D eigenvalue weighted by Gasteiger charge is 2.31. The molecule has 0 aromatic carbocycles. The molecule has 5 heteroatoms. The molecule has 0 unspecified atom stereocenters. The number of nitrogens with one attached hydrogen (secondary N) is 1. The van der Waals surface area contributed by atoms with Crippen molar-refractivity contribution >= 4 is 28.8 Å². The van der Waals surface area contributed by atoms with Gasteiger partial charge in [-0.05, 0) is 12.1 Å². The minimum atomic E-state index is -0.123. The van der Waals surface area contributed by atoms with Crippen LogP contribution in [0.4, 0.5) is 0 Å². The second kappa shape index (κ2) is 3.29. The monoisotopic (exact) mass is 216 g/mol. The van der Waals surface area contributed by atoms with Crippen molar-refractivity contribution in [3.63, 3.8) is 0 Å². The fourth-order valence-electron chi connectivity index (χ4n) is 1.45. The van der Waals surface area contributed by atoms with Crippen molar-refractivity contribution in [2.24, 2.45) is 5.73 Å². The predicted molar refractivity (Wildman–Crippen MR) is 52.8 cm³/mol. The van der Waals surface area contributed by atoms with Gasteiger partial charge in [-0.15, -0.1) is 11.3 Å². The van der Waals surface area contributed by atoms with Crippen molar-refractivity contribution < 1.29 is 4.79 Å². The van der Waals surface area contributed by atoms with Gasteiger partial charge in [-0.25, -0.2) is 0 Å². The number of carbonyl (C=O) groups excluding carboxylic acids is 1. The van der Waals surface area contributed by atoms with E-state index in [1.165, 1.54) is 11.3 Å². The quantitative estimate of drug-likeness (QED) is 0.744. The van der Waals surface area contributed by atoms with Crippen LogP contribution < -0.4 is 11.1 Å². The molecule has 3 N–H and O–H groups in total. The van der Waals surface area contributed by atoms with Gasteiger partial charge in [-0.2, -0.15) is 0 Å². The second-order valence-electron chi connectivity index (χ2n) is 3.06. The lowest BCUT2D eigenvalue weighted by molar-refractivity contribution is -0.119. The van der Waals surface area contributed by atoms with Gasteiger partial charge in [0.2, 0.25) is 5.91 Å². The van der Waals surface area contributed by atoms with Crippen LogP contribution in [0.1, 0.15) is 17.3 Å². The highest BCUT2D eigenvalue weighted by molar-refractivity contribution is 7.16. The van der Waals surface area contributed by atoms with Gasteiger partial charge in [0.1, 0.15) is 0 Å². The summed E-state index contributed by atoms with van der Waals surface area (Å²) in [5.74, 6) is 0.0158. The SMILES string of the molecule is N[C@H]1CC(=O)N[C@@H]1c1ccc(Cl)s1. The summed E-state index contributed by atoms with van der Waals surface area (Å²) in [5.41, 5.74) is 5.79. The van der Waals surface area contributed by atoms with Crippen molar-refractivity contribution in [1.82, 2.24) is 5.32 Å². The van der Waals surface area contributed by atoms with Gasteiger partial charge in [0.15, 0.2) is 0 Å². The summed E-state index contributed by atoms with van der Waals surface area (Å²) in [7, 11) is 0. The lowest BCUT2D eigenvalue weighted by Gasteiger charge is -2.11. The molecule has 0 saturated carbocycles. The average molecular weight is 217 g/mol. The van der Waals surface area contributed by atoms with Crippen LogP contribution in [-0.2, 0) is 4.79 Å². The molecule has 1 saturated heterocycles. The number of nitrogens with two attached hydrogens (primary N) is 1. The van der Waals surface area contributed by atoms with Crippen molar-refractivity contribution in [1.29, 1.82) is 0 Å². The zero-order valence-electron chi connectivity index (χ0n) is 6.79. The van der Waals surface area contributed by atoms with Crippen LogP contribution in [0.3, 0.4) is 0 Å². The molecule has 3 nitrogen and oxygen atoms in total. The van der Waals surface area contributed by atoms with E-state index in [0.29, 0.717) is 6.42 Å². The van der Waals surface area contributed by atoms with Gasteiger partial charge in [0, 0.05) is 17.3 Å².